The fourth-order valence-corrected chi connectivity index (χ4v) is 5.46. The van der Waals surface area contributed by atoms with Crippen molar-refractivity contribution in [2.75, 3.05) is 13.1 Å². The number of aromatic nitrogens is 1. The van der Waals surface area contributed by atoms with Crippen molar-refractivity contribution >= 4 is 22.7 Å². The van der Waals surface area contributed by atoms with Gasteiger partial charge in [-0.25, -0.2) is 0 Å². The molecule has 0 bridgehead atoms. The van der Waals surface area contributed by atoms with Crippen LogP contribution in [0.5, 0.6) is 0 Å². The van der Waals surface area contributed by atoms with Crippen molar-refractivity contribution < 1.29 is 9.59 Å². The highest BCUT2D eigenvalue weighted by atomic mass is 16.2. The third kappa shape index (κ3) is 4.19. The molecule has 2 aliphatic heterocycles. The number of amides is 2. The number of hydrogen-bond acceptors (Lipinski definition) is 3. The van der Waals surface area contributed by atoms with E-state index in [1.807, 2.05) is 18.2 Å². The Labute approximate surface area is 184 Å². The first kappa shape index (κ1) is 21.4. The summed E-state index contributed by atoms with van der Waals surface area (Å²) in [5, 5.41) is 10.4. The van der Waals surface area contributed by atoms with Crippen molar-refractivity contribution in [3.05, 3.63) is 35.5 Å². The van der Waals surface area contributed by atoms with E-state index in [2.05, 4.69) is 28.5 Å². The number of fused-ring (bicyclic) bond motifs is 1. The number of piperidine rings is 1. The van der Waals surface area contributed by atoms with Gasteiger partial charge in [-0.2, -0.15) is 5.26 Å². The minimum Gasteiger partial charge on any atom is -0.345 e. The molecule has 2 amide bonds. The molecular weight excluding hydrogens is 388 g/mol. The molecule has 2 atom stereocenters. The SMILES string of the molecule is CCn1c(CC[C@@H]2CCCCN2C(=O)[C@H]2CCCN2C(C)=O)cc2ccc(C#N)cc21. The highest BCUT2D eigenvalue weighted by Gasteiger charge is 2.38. The van der Waals surface area contributed by atoms with Gasteiger partial charge in [-0.3, -0.25) is 9.59 Å². The smallest absolute Gasteiger partial charge is 0.245 e. The van der Waals surface area contributed by atoms with E-state index in [4.69, 9.17) is 0 Å². The van der Waals surface area contributed by atoms with Gasteiger partial charge >= 0.3 is 0 Å². The van der Waals surface area contributed by atoms with Crippen LogP contribution in [0, 0.1) is 11.3 Å². The van der Waals surface area contributed by atoms with Gasteiger partial charge in [-0.05, 0) is 75.5 Å². The Morgan fingerprint density at radius 2 is 1.90 bits per heavy atom. The highest BCUT2D eigenvalue weighted by molar-refractivity contribution is 5.88. The average Bonchev–Trinajstić information content (AvgIpc) is 3.41. The highest BCUT2D eigenvalue weighted by Crippen LogP contribution is 2.28. The monoisotopic (exact) mass is 420 g/mol. The molecule has 164 valence electrons. The van der Waals surface area contributed by atoms with Crippen molar-refractivity contribution in [3.8, 4) is 6.07 Å². The van der Waals surface area contributed by atoms with Crippen LogP contribution in [0.25, 0.3) is 10.9 Å². The molecule has 3 heterocycles. The molecule has 0 aliphatic carbocycles. The van der Waals surface area contributed by atoms with E-state index in [1.54, 1.807) is 11.8 Å². The summed E-state index contributed by atoms with van der Waals surface area (Å²) in [5.74, 6) is 0.153. The lowest BCUT2D eigenvalue weighted by atomic mass is 9.96. The molecule has 4 rings (SSSR count). The fourth-order valence-electron chi connectivity index (χ4n) is 5.46. The third-order valence-corrected chi connectivity index (χ3v) is 7.02. The molecule has 2 saturated heterocycles. The number of nitriles is 1. The van der Waals surface area contributed by atoms with Gasteiger partial charge in [-0.1, -0.05) is 6.07 Å². The molecule has 2 fully saturated rings. The summed E-state index contributed by atoms with van der Waals surface area (Å²) in [5.41, 5.74) is 3.05. The molecule has 2 aliphatic rings. The molecule has 1 aromatic heterocycles. The Balaban J connectivity index is 1.51. The predicted octanol–water partition coefficient (Wildman–Crippen LogP) is 3.86. The number of aryl methyl sites for hydroxylation is 2. The van der Waals surface area contributed by atoms with E-state index in [-0.39, 0.29) is 23.9 Å². The molecule has 1 aromatic carbocycles. The number of carbonyl (C=O) groups excluding carboxylic acids is 2. The summed E-state index contributed by atoms with van der Waals surface area (Å²) < 4.78 is 2.29. The largest absolute Gasteiger partial charge is 0.345 e. The van der Waals surface area contributed by atoms with Crippen LogP contribution in [-0.2, 0) is 22.6 Å². The first-order valence-electron chi connectivity index (χ1n) is 11.6. The van der Waals surface area contributed by atoms with Gasteiger partial charge < -0.3 is 14.4 Å². The Bertz CT molecular complexity index is 1020. The Kier molecular flexibility index (Phi) is 6.31. The van der Waals surface area contributed by atoms with Crippen LogP contribution in [0.1, 0.15) is 63.6 Å². The normalized spacial score (nSPS) is 21.5. The zero-order chi connectivity index (χ0) is 22.0. The zero-order valence-corrected chi connectivity index (χ0v) is 18.6. The summed E-state index contributed by atoms with van der Waals surface area (Å²) >= 11 is 0. The van der Waals surface area contributed by atoms with E-state index in [9.17, 15) is 14.9 Å². The lowest BCUT2D eigenvalue weighted by molar-refractivity contribution is -0.145. The van der Waals surface area contributed by atoms with Gasteiger partial charge in [0.15, 0.2) is 0 Å². The van der Waals surface area contributed by atoms with E-state index in [1.165, 1.54) is 5.69 Å². The third-order valence-electron chi connectivity index (χ3n) is 7.02. The number of rotatable bonds is 5. The summed E-state index contributed by atoms with van der Waals surface area (Å²) in [6, 6.07) is 10.3. The summed E-state index contributed by atoms with van der Waals surface area (Å²) in [4.78, 5) is 29.2. The molecule has 2 aromatic rings. The molecule has 0 unspecified atom stereocenters. The van der Waals surface area contributed by atoms with Crippen LogP contribution in [0.3, 0.4) is 0 Å². The quantitative estimate of drug-likeness (QED) is 0.738. The molecule has 0 saturated carbocycles. The molecule has 6 nitrogen and oxygen atoms in total. The van der Waals surface area contributed by atoms with E-state index in [0.717, 1.165) is 68.9 Å². The van der Waals surface area contributed by atoms with Gasteiger partial charge in [0.2, 0.25) is 11.8 Å². The maximum atomic E-state index is 13.4. The number of hydrogen-bond donors (Lipinski definition) is 0. The van der Waals surface area contributed by atoms with Gasteiger partial charge in [-0.15, -0.1) is 0 Å². The number of carbonyl (C=O) groups is 2. The van der Waals surface area contributed by atoms with Crippen LogP contribution >= 0.6 is 0 Å². The lowest BCUT2D eigenvalue weighted by Gasteiger charge is -2.39. The summed E-state index contributed by atoms with van der Waals surface area (Å²) in [7, 11) is 0. The maximum Gasteiger partial charge on any atom is 0.245 e. The lowest BCUT2D eigenvalue weighted by Crippen LogP contribution is -2.52. The molecule has 0 radical (unpaired) electrons. The molecule has 0 N–H and O–H groups in total. The van der Waals surface area contributed by atoms with Crippen molar-refractivity contribution in [1.82, 2.24) is 14.4 Å². The fraction of sp³-hybridized carbons (Fsp3) is 0.560. The van der Waals surface area contributed by atoms with Crippen molar-refractivity contribution in [2.45, 2.75) is 77.4 Å². The first-order chi connectivity index (χ1) is 15.0. The van der Waals surface area contributed by atoms with Gasteiger partial charge in [0.25, 0.3) is 0 Å². The van der Waals surface area contributed by atoms with Crippen molar-refractivity contribution in [2.24, 2.45) is 0 Å². The standard InChI is InChI=1S/C25H32N4O2/c1-3-27-22(16-20-10-9-19(17-26)15-24(20)27)12-11-21-7-4-5-13-29(21)25(31)23-8-6-14-28(23)18(2)30/h9-10,15-16,21,23H,3-8,11-14H2,1-2H3/t21-,23+/m0/s1. The Hall–Kier alpha value is -2.81. The van der Waals surface area contributed by atoms with E-state index in [0.29, 0.717) is 12.1 Å². The summed E-state index contributed by atoms with van der Waals surface area (Å²) in [6.07, 6.45) is 6.76. The minimum absolute atomic E-state index is 0.00797. The van der Waals surface area contributed by atoms with Crippen LogP contribution in [0.15, 0.2) is 24.3 Å². The van der Waals surface area contributed by atoms with E-state index >= 15 is 0 Å². The topological polar surface area (TPSA) is 69.3 Å². The molecule has 6 heteroatoms. The van der Waals surface area contributed by atoms with Crippen LogP contribution in [0.2, 0.25) is 0 Å². The summed E-state index contributed by atoms with van der Waals surface area (Å²) in [6.45, 7) is 6.06. The predicted molar refractivity (Wildman–Crippen MR) is 120 cm³/mol. The average molecular weight is 421 g/mol. The zero-order valence-electron chi connectivity index (χ0n) is 18.6. The van der Waals surface area contributed by atoms with Crippen LogP contribution in [0.4, 0.5) is 0 Å². The second-order valence-electron chi connectivity index (χ2n) is 8.86. The molecule has 0 spiro atoms. The van der Waals surface area contributed by atoms with Crippen molar-refractivity contribution in [3.63, 3.8) is 0 Å². The van der Waals surface area contributed by atoms with Gasteiger partial charge in [0.1, 0.15) is 6.04 Å². The van der Waals surface area contributed by atoms with E-state index < -0.39 is 0 Å². The minimum atomic E-state index is -0.274. The number of nitrogens with zero attached hydrogens (tertiary/aromatic N) is 4. The van der Waals surface area contributed by atoms with Gasteiger partial charge in [0.05, 0.1) is 11.6 Å². The number of benzene rings is 1. The van der Waals surface area contributed by atoms with Crippen LogP contribution < -0.4 is 0 Å². The Morgan fingerprint density at radius 1 is 1.10 bits per heavy atom. The Morgan fingerprint density at radius 3 is 2.65 bits per heavy atom. The van der Waals surface area contributed by atoms with Crippen LogP contribution in [-0.4, -0.2) is 51.4 Å². The first-order valence-corrected chi connectivity index (χ1v) is 11.6. The molecule has 31 heavy (non-hydrogen) atoms. The van der Waals surface area contributed by atoms with Gasteiger partial charge in [0, 0.05) is 43.8 Å². The second-order valence-corrected chi connectivity index (χ2v) is 8.86. The number of likely N-dealkylation sites (tertiary alicyclic amines) is 2. The maximum absolute atomic E-state index is 13.4. The molecular formula is C25H32N4O2. The van der Waals surface area contributed by atoms with Crippen molar-refractivity contribution in [1.29, 1.82) is 5.26 Å². The second kappa shape index (κ2) is 9.13.